The predicted molar refractivity (Wildman–Crippen MR) is 64.5 cm³/mol. The van der Waals surface area contributed by atoms with Crippen molar-refractivity contribution in [1.82, 2.24) is 0 Å². The van der Waals surface area contributed by atoms with E-state index in [-0.39, 0.29) is 0 Å². The second kappa shape index (κ2) is 4.77. The van der Waals surface area contributed by atoms with Crippen LogP contribution in [0.2, 0.25) is 26.2 Å². The number of benzene rings is 1. The lowest BCUT2D eigenvalue weighted by molar-refractivity contribution is 0.407. The summed E-state index contributed by atoms with van der Waals surface area (Å²) < 4.78 is 11.8. The van der Waals surface area contributed by atoms with Crippen molar-refractivity contribution in [2.75, 3.05) is 0 Å². The zero-order valence-electron chi connectivity index (χ0n) is 9.28. The van der Waals surface area contributed by atoms with E-state index in [2.05, 4.69) is 26.2 Å². The van der Waals surface area contributed by atoms with Crippen LogP contribution in [0.15, 0.2) is 30.3 Å². The fourth-order valence-electron chi connectivity index (χ4n) is 1.36. The Hall–Kier alpha value is -0.586. The van der Waals surface area contributed by atoms with Gasteiger partial charge in [0.2, 0.25) is 0 Å². The zero-order valence-corrected chi connectivity index (χ0v) is 11.4. The van der Waals surface area contributed by atoms with Crippen LogP contribution in [0.4, 0.5) is 0 Å². The molecular weight excluding hydrogens is 208 g/mol. The molecule has 0 aliphatic carbocycles. The number of hydrogen-bond donors (Lipinski definition) is 0. The Bertz CT molecular complexity index is 273. The molecule has 0 bridgehead atoms. The van der Waals surface area contributed by atoms with E-state index in [0.717, 1.165) is 5.75 Å². The lowest BCUT2D eigenvalue weighted by atomic mass is 10.3. The van der Waals surface area contributed by atoms with Crippen molar-refractivity contribution in [3.05, 3.63) is 30.3 Å². The molecule has 14 heavy (non-hydrogen) atoms. The summed E-state index contributed by atoms with van der Waals surface area (Å²) in [6.07, 6.45) is 0. The molecule has 0 aliphatic rings. The monoisotopic (exact) mass is 226 g/mol. The fourth-order valence-corrected chi connectivity index (χ4v) is 6.80. The topological polar surface area (TPSA) is 18.5 Å². The minimum absolute atomic E-state index is 0.916. The molecule has 0 aliphatic heterocycles. The van der Waals surface area contributed by atoms with Gasteiger partial charge in [0.05, 0.1) is 0 Å². The minimum atomic E-state index is -1.95. The lowest BCUT2D eigenvalue weighted by Gasteiger charge is -2.26. The van der Waals surface area contributed by atoms with Gasteiger partial charge < -0.3 is 8.54 Å². The maximum Gasteiger partial charge on any atom is 0.382 e. The van der Waals surface area contributed by atoms with Crippen LogP contribution in [0.25, 0.3) is 0 Å². The van der Waals surface area contributed by atoms with Crippen molar-refractivity contribution in [2.24, 2.45) is 0 Å². The molecule has 78 valence electrons. The van der Waals surface area contributed by atoms with Crippen LogP contribution in [0, 0.1) is 0 Å². The van der Waals surface area contributed by atoms with Crippen molar-refractivity contribution in [3.63, 3.8) is 0 Å². The molecule has 0 atom stereocenters. The molecule has 0 heterocycles. The van der Waals surface area contributed by atoms with Gasteiger partial charge in [0.1, 0.15) is 5.75 Å². The Morgan fingerprint density at radius 1 is 1.07 bits per heavy atom. The van der Waals surface area contributed by atoms with Crippen molar-refractivity contribution >= 4 is 17.6 Å². The van der Waals surface area contributed by atoms with E-state index < -0.39 is 17.6 Å². The highest BCUT2D eigenvalue weighted by molar-refractivity contribution is 6.73. The van der Waals surface area contributed by atoms with Gasteiger partial charge in [0.25, 0.3) is 0 Å². The molecule has 0 saturated carbocycles. The molecule has 0 fully saturated rings. The van der Waals surface area contributed by atoms with Crippen molar-refractivity contribution in [1.29, 1.82) is 0 Å². The smallest absolute Gasteiger partial charge is 0.382 e. The van der Waals surface area contributed by atoms with Gasteiger partial charge in [-0.05, 0) is 38.3 Å². The third-order valence-corrected chi connectivity index (χ3v) is 6.51. The Labute approximate surface area is 88.8 Å². The standard InChI is InChI=1S/C10H18O2Si2/c1-13(2)12-14(3,4)11-10-8-6-5-7-9-10/h5-9,13H,1-4H3. The number of rotatable bonds is 4. The van der Waals surface area contributed by atoms with Gasteiger partial charge in [-0.2, -0.15) is 0 Å². The molecule has 1 aromatic rings. The van der Waals surface area contributed by atoms with Gasteiger partial charge in [0.15, 0.2) is 9.04 Å². The summed E-state index contributed by atoms with van der Waals surface area (Å²) in [6, 6.07) is 9.89. The van der Waals surface area contributed by atoms with Gasteiger partial charge in [-0.15, -0.1) is 0 Å². The Morgan fingerprint density at radius 2 is 1.64 bits per heavy atom. The molecular formula is C10H18O2Si2. The zero-order chi connectivity index (χ0) is 10.6. The first-order chi connectivity index (χ1) is 6.49. The van der Waals surface area contributed by atoms with Crippen molar-refractivity contribution in [2.45, 2.75) is 26.2 Å². The van der Waals surface area contributed by atoms with E-state index in [0.29, 0.717) is 0 Å². The summed E-state index contributed by atoms with van der Waals surface area (Å²) >= 11 is 0. The Kier molecular flexibility index (Phi) is 3.91. The molecule has 0 aromatic heterocycles. The molecule has 2 nitrogen and oxygen atoms in total. The van der Waals surface area contributed by atoms with Gasteiger partial charge >= 0.3 is 8.56 Å². The van der Waals surface area contributed by atoms with Crippen LogP contribution in [0.1, 0.15) is 0 Å². The summed E-state index contributed by atoms with van der Waals surface area (Å²) in [5.74, 6) is 0.916. The van der Waals surface area contributed by atoms with Crippen LogP contribution in [-0.4, -0.2) is 17.6 Å². The van der Waals surface area contributed by atoms with Gasteiger partial charge in [-0.1, -0.05) is 18.2 Å². The summed E-state index contributed by atoms with van der Waals surface area (Å²) in [4.78, 5) is 0. The third kappa shape index (κ3) is 4.08. The minimum Gasteiger partial charge on any atom is -0.521 e. The lowest BCUT2D eigenvalue weighted by Crippen LogP contribution is -2.41. The van der Waals surface area contributed by atoms with Crippen LogP contribution < -0.4 is 4.43 Å². The molecule has 0 saturated heterocycles. The van der Waals surface area contributed by atoms with E-state index in [9.17, 15) is 0 Å². The van der Waals surface area contributed by atoms with E-state index in [4.69, 9.17) is 8.54 Å². The second-order valence-electron chi connectivity index (χ2n) is 3.98. The van der Waals surface area contributed by atoms with Gasteiger partial charge in [0, 0.05) is 0 Å². The fraction of sp³-hybridized carbons (Fsp3) is 0.400. The molecule has 4 heteroatoms. The third-order valence-electron chi connectivity index (χ3n) is 1.63. The molecule has 1 rings (SSSR count). The normalized spacial score (nSPS) is 11.8. The van der Waals surface area contributed by atoms with Crippen molar-refractivity contribution < 1.29 is 8.54 Å². The molecule has 1 aromatic carbocycles. The summed E-state index contributed by atoms with van der Waals surface area (Å²) in [5, 5.41) is 0. The largest absolute Gasteiger partial charge is 0.521 e. The molecule has 0 unspecified atom stereocenters. The van der Waals surface area contributed by atoms with Crippen LogP contribution in [0.3, 0.4) is 0 Å². The van der Waals surface area contributed by atoms with Gasteiger partial charge in [-0.25, -0.2) is 0 Å². The Balaban J connectivity index is 2.59. The Morgan fingerprint density at radius 3 is 2.14 bits per heavy atom. The molecule has 0 radical (unpaired) electrons. The number of hydrogen-bond acceptors (Lipinski definition) is 2. The maximum atomic E-state index is 5.90. The highest BCUT2D eigenvalue weighted by Gasteiger charge is 2.27. The first kappa shape index (κ1) is 11.5. The highest BCUT2D eigenvalue weighted by atomic mass is 28.4. The van der Waals surface area contributed by atoms with E-state index in [1.807, 2.05) is 30.3 Å². The van der Waals surface area contributed by atoms with Crippen molar-refractivity contribution in [3.8, 4) is 5.75 Å². The maximum absolute atomic E-state index is 5.90. The van der Waals surface area contributed by atoms with Crippen LogP contribution in [-0.2, 0) is 4.12 Å². The molecule has 0 amide bonds. The first-order valence-electron chi connectivity index (χ1n) is 4.91. The molecule has 0 N–H and O–H groups in total. The quantitative estimate of drug-likeness (QED) is 0.735. The van der Waals surface area contributed by atoms with Crippen LogP contribution >= 0.6 is 0 Å². The predicted octanol–water partition coefficient (Wildman–Crippen LogP) is 2.77. The van der Waals surface area contributed by atoms with E-state index in [1.54, 1.807) is 0 Å². The molecule has 0 spiro atoms. The second-order valence-corrected chi connectivity index (χ2v) is 10.0. The highest BCUT2D eigenvalue weighted by Crippen LogP contribution is 2.16. The van der Waals surface area contributed by atoms with E-state index >= 15 is 0 Å². The average molecular weight is 226 g/mol. The summed E-state index contributed by atoms with van der Waals surface area (Å²) in [5.41, 5.74) is 0. The average Bonchev–Trinajstić information content (AvgIpc) is 2.02. The SMILES string of the molecule is C[SiH](C)O[Si](C)(C)Oc1ccccc1. The first-order valence-corrected chi connectivity index (χ1v) is 10.5. The summed E-state index contributed by atoms with van der Waals surface area (Å²) in [7, 11) is -2.95. The van der Waals surface area contributed by atoms with Crippen LogP contribution in [0.5, 0.6) is 5.75 Å². The summed E-state index contributed by atoms with van der Waals surface area (Å²) in [6.45, 7) is 8.52. The van der Waals surface area contributed by atoms with E-state index in [1.165, 1.54) is 0 Å². The van der Waals surface area contributed by atoms with Gasteiger partial charge in [-0.3, -0.25) is 0 Å². The number of para-hydroxylation sites is 1.